The van der Waals surface area contributed by atoms with Gasteiger partial charge in [-0.25, -0.2) is 4.98 Å². The van der Waals surface area contributed by atoms with Crippen LogP contribution in [0.3, 0.4) is 0 Å². The quantitative estimate of drug-likeness (QED) is 0.198. The molecule has 4 aromatic rings. The van der Waals surface area contributed by atoms with E-state index in [0.717, 1.165) is 22.9 Å². The van der Waals surface area contributed by atoms with Gasteiger partial charge in [0.05, 0.1) is 23.4 Å². The number of carbonyl (C=O) groups excluding carboxylic acids is 1. The number of aromatic nitrogens is 2. The lowest BCUT2D eigenvalue weighted by Crippen LogP contribution is -2.23. The largest absolute Gasteiger partial charge is 0.506 e. The minimum Gasteiger partial charge on any atom is -0.506 e. The monoisotopic (exact) mass is 487 g/mol. The zero-order chi connectivity index (χ0) is 22.8. The predicted octanol–water partition coefficient (Wildman–Crippen LogP) is 5.14. The number of ether oxygens (including phenoxy) is 1. The average molecular weight is 488 g/mol. The van der Waals surface area contributed by atoms with E-state index in [4.69, 9.17) is 16.3 Å². The normalized spacial score (nSPS) is 12.0. The third-order valence-electron chi connectivity index (χ3n) is 4.68. The summed E-state index contributed by atoms with van der Waals surface area (Å²) in [6.07, 6.45) is 0. The molecule has 1 amide bonds. The zero-order valence-electron chi connectivity index (χ0n) is 17.0. The Balaban J connectivity index is 1.57. The predicted molar refractivity (Wildman–Crippen MR) is 129 cm³/mol. The van der Waals surface area contributed by atoms with Crippen molar-refractivity contribution in [3.05, 3.63) is 63.2 Å². The standard InChI is InChI=1S/C22H18ClN3O4S2/c1-11(19(28)24-16-9-13(23)6-7-17(16)27)32-22-25-20(29)18-15(10-31-21(18)26-22)12-4-3-5-14(8-12)30-2/h3-11,27H,1-2H3,(H,24,28)(H,25,26,29). The van der Waals surface area contributed by atoms with E-state index in [9.17, 15) is 14.7 Å². The number of hydrogen-bond donors (Lipinski definition) is 3. The Kier molecular flexibility index (Phi) is 6.40. The first-order chi connectivity index (χ1) is 15.4. The minimum absolute atomic E-state index is 0.0865. The molecule has 2 aromatic heterocycles. The molecule has 164 valence electrons. The van der Waals surface area contributed by atoms with Crippen molar-refractivity contribution < 1.29 is 14.6 Å². The highest BCUT2D eigenvalue weighted by Crippen LogP contribution is 2.34. The van der Waals surface area contributed by atoms with Crippen molar-refractivity contribution in [1.82, 2.24) is 9.97 Å². The minimum atomic E-state index is -0.591. The van der Waals surface area contributed by atoms with Gasteiger partial charge in [0, 0.05) is 16.0 Å². The fourth-order valence-electron chi connectivity index (χ4n) is 3.05. The van der Waals surface area contributed by atoms with Crippen LogP contribution in [0.2, 0.25) is 5.02 Å². The van der Waals surface area contributed by atoms with Gasteiger partial charge in [-0.05, 0) is 42.8 Å². The molecule has 2 aromatic carbocycles. The summed E-state index contributed by atoms with van der Waals surface area (Å²) in [7, 11) is 1.59. The Labute approximate surface area is 196 Å². The van der Waals surface area contributed by atoms with Gasteiger partial charge in [-0.3, -0.25) is 9.59 Å². The Morgan fingerprint density at radius 2 is 2.12 bits per heavy atom. The zero-order valence-corrected chi connectivity index (χ0v) is 19.4. The average Bonchev–Trinajstić information content (AvgIpc) is 3.21. The highest BCUT2D eigenvalue weighted by atomic mass is 35.5. The number of aromatic hydroxyl groups is 1. The highest BCUT2D eigenvalue weighted by Gasteiger charge is 2.19. The molecule has 0 aliphatic heterocycles. The lowest BCUT2D eigenvalue weighted by Gasteiger charge is -2.12. The SMILES string of the molecule is COc1cccc(-c2csc3nc(SC(C)C(=O)Nc4cc(Cl)ccc4O)[nH]c(=O)c23)c1. The lowest BCUT2D eigenvalue weighted by atomic mass is 10.1. The summed E-state index contributed by atoms with van der Waals surface area (Å²) in [5.41, 5.74) is 1.57. The molecule has 4 rings (SSSR count). The molecule has 0 aliphatic rings. The molecule has 10 heteroatoms. The number of fused-ring (bicyclic) bond motifs is 1. The number of rotatable bonds is 6. The van der Waals surface area contributed by atoms with Crippen molar-refractivity contribution in [2.45, 2.75) is 17.3 Å². The number of carbonyl (C=O) groups is 1. The van der Waals surface area contributed by atoms with Crippen LogP contribution in [-0.2, 0) is 4.79 Å². The Hall–Kier alpha value is -3.01. The van der Waals surface area contributed by atoms with Crippen molar-refractivity contribution in [1.29, 1.82) is 0 Å². The second-order valence-corrected chi connectivity index (χ2v) is 9.47. The number of nitrogens with zero attached hydrogens (tertiary/aromatic N) is 1. The number of phenols is 1. The number of thiophene rings is 1. The van der Waals surface area contributed by atoms with E-state index in [1.165, 1.54) is 29.5 Å². The van der Waals surface area contributed by atoms with E-state index in [2.05, 4.69) is 15.3 Å². The number of anilines is 1. The molecular formula is C22H18ClN3O4S2. The molecule has 32 heavy (non-hydrogen) atoms. The van der Waals surface area contributed by atoms with Crippen LogP contribution in [-0.4, -0.2) is 33.3 Å². The van der Waals surface area contributed by atoms with E-state index in [1.54, 1.807) is 14.0 Å². The second kappa shape index (κ2) is 9.23. The first-order valence-corrected chi connectivity index (χ1v) is 11.6. The van der Waals surface area contributed by atoms with Gasteiger partial charge in [0.1, 0.15) is 16.3 Å². The van der Waals surface area contributed by atoms with Crippen LogP contribution >= 0.6 is 34.7 Å². The summed E-state index contributed by atoms with van der Waals surface area (Å²) in [5.74, 6) is 0.249. The molecule has 3 N–H and O–H groups in total. The van der Waals surface area contributed by atoms with Crippen molar-refractivity contribution in [3.8, 4) is 22.6 Å². The van der Waals surface area contributed by atoms with Gasteiger partial charge in [0.25, 0.3) is 5.56 Å². The van der Waals surface area contributed by atoms with Gasteiger partial charge in [0.2, 0.25) is 5.91 Å². The van der Waals surface area contributed by atoms with Crippen LogP contribution in [0.4, 0.5) is 5.69 Å². The summed E-state index contributed by atoms with van der Waals surface area (Å²) in [6, 6.07) is 11.9. The number of phenolic OH excluding ortho intramolecular Hbond substituents is 1. The van der Waals surface area contributed by atoms with E-state index in [0.29, 0.717) is 26.1 Å². The molecule has 0 bridgehead atoms. The number of halogens is 1. The Morgan fingerprint density at radius 1 is 1.31 bits per heavy atom. The van der Waals surface area contributed by atoms with Crippen molar-refractivity contribution in [2.75, 3.05) is 12.4 Å². The second-order valence-electron chi connectivity index (χ2n) is 6.84. The Morgan fingerprint density at radius 3 is 2.91 bits per heavy atom. The van der Waals surface area contributed by atoms with Crippen molar-refractivity contribution in [2.24, 2.45) is 0 Å². The maximum Gasteiger partial charge on any atom is 0.260 e. The molecule has 7 nitrogen and oxygen atoms in total. The molecule has 0 saturated heterocycles. The number of thioether (sulfide) groups is 1. The van der Waals surface area contributed by atoms with Crippen molar-refractivity contribution in [3.63, 3.8) is 0 Å². The summed E-state index contributed by atoms with van der Waals surface area (Å²) in [5, 5.41) is 15.0. The molecule has 0 fully saturated rings. The number of hydrogen-bond acceptors (Lipinski definition) is 7. The number of benzene rings is 2. The van der Waals surface area contributed by atoms with Gasteiger partial charge in [-0.1, -0.05) is 35.5 Å². The number of H-pyrrole nitrogens is 1. The lowest BCUT2D eigenvalue weighted by molar-refractivity contribution is -0.115. The molecule has 0 radical (unpaired) electrons. The summed E-state index contributed by atoms with van der Waals surface area (Å²) in [4.78, 5) is 33.3. The number of methoxy groups -OCH3 is 1. The van der Waals surface area contributed by atoms with E-state index >= 15 is 0 Å². The van der Waals surface area contributed by atoms with E-state index < -0.39 is 5.25 Å². The van der Waals surface area contributed by atoms with Gasteiger partial charge in [0.15, 0.2) is 5.16 Å². The number of nitrogens with one attached hydrogen (secondary N) is 2. The summed E-state index contributed by atoms with van der Waals surface area (Å²) in [6.45, 7) is 1.68. The van der Waals surface area contributed by atoms with Crippen LogP contribution in [0.5, 0.6) is 11.5 Å². The van der Waals surface area contributed by atoms with Crippen LogP contribution in [0.1, 0.15) is 6.92 Å². The van der Waals surface area contributed by atoms with Crippen LogP contribution in [0, 0.1) is 0 Å². The van der Waals surface area contributed by atoms with Gasteiger partial charge >= 0.3 is 0 Å². The molecule has 2 heterocycles. The molecule has 0 saturated carbocycles. The summed E-state index contributed by atoms with van der Waals surface area (Å²) < 4.78 is 5.27. The smallest absolute Gasteiger partial charge is 0.260 e. The third kappa shape index (κ3) is 4.59. The third-order valence-corrected chi connectivity index (χ3v) is 6.77. The van der Waals surface area contributed by atoms with Gasteiger partial charge < -0.3 is 20.1 Å². The van der Waals surface area contributed by atoms with Crippen LogP contribution < -0.4 is 15.6 Å². The van der Waals surface area contributed by atoms with Crippen LogP contribution in [0.25, 0.3) is 21.3 Å². The number of aromatic amines is 1. The first-order valence-electron chi connectivity index (χ1n) is 9.47. The molecule has 0 spiro atoms. The van der Waals surface area contributed by atoms with E-state index in [1.807, 2.05) is 29.6 Å². The summed E-state index contributed by atoms with van der Waals surface area (Å²) >= 11 is 8.40. The maximum absolute atomic E-state index is 12.9. The molecule has 1 atom stereocenters. The first kappa shape index (κ1) is 22.2. The van der Waals surface area contributed by atoms with Crippen molar-refractivity contribution >= 4 is 56.5 Å². The fraction of sp³-hybridized carbons (Fsp3) is 0.136. The van der Waals surface area contributed by atoms with Crippen LogP contribution in [0.15, 0.2) is 57.8 Å². The fourth-order valence-corrected chi connectivity index (χ4v) is 5.03. The van der Waals surface area contributed by atoms with E-state index in [-0.39, 0.29) is 22.9 Å². The number of amides is 1. The molecule has 1 unspecified atom stereocenters. The highest BCUT2D eigenvalue weighted by molar-refractivity contribution is 8.00. The van der Waals surface area contributed by atoms with Gasteiger partial charge in [-0.15, -0.1) is 11.3 Å². The maximum atomic E-state index is 12.9. The molecule has 0 aliphatic carbocycles. The van der Waals surface area contributed by atoms with Gasteiger partial charge in [-0.2, -0.15) is 0 Å². The Bertz CT molecular complexity index is 1370. The molecular weight excluding hydrogens is 470 g/mol. The topological polar surface area (TPSA) is 104 Å².